The van der Waals surface area contributed by atoms with E-state index in [1.54, 1.807) is 6.08 Å². The maximum Gasteiger partial charge on any atom is 0.119 e. The SMILES string of the molecule is C=C/C=C/C=C/C(C)(CCC=C(C)C)OOC(C)(C)C. The fourth-order valence-corrected chi connectivity index (χ4v) is 1.42. The molecule has 0 aliphatic heterocycles. The Hall–Kier alpha value is -1.12. The summed E-state index contributed by atoms with van der Waals surface area (Å²) >= 11 is 0. The molecule has 0 bridgehead atoms. The van der Waals surface area contributed by atoms with Crippen molar-refractivity contribution < 1.29 is 9.78 Å². The van der Waals surface area contributed by atoms with Gasteiger partial charge in [-0.05, 0) is 60.5 Å². The molecule has 0 fully saturated rings. The number of hydrogen-bond donors (Lipinski definition) is 0. The van der Waals surface area contributed by atoms with Crippen LogP contribution in [0.5, 0.6) is 0 Å². The first-order valence-corrected chi connectivity index (χ1v) is 7.16. The van der Waals surface area contributed by atoms with Crippen LogP contribution in [0.3, 0.4) is 0 Å². The van der Waals surface area contributed by atoms with Crippen LogP contribution in [-0.4, -0.2) is 11.2 Å². The molecular weight excluding hydrogens is 248 g/mol. The van der Waals surface area contributed by atoms with Crippen LogP contribution in [0, 0.1) is 0 Å². The smallest absolute Gasteiger partial charge is 0.119 e. The molecule has 0 radical (unpaired) electrons. The predicted molar refractivity (Wildman–Crippen MR) is 87.5 cm³/mol. The lowest BCUT2D eigenvalue weighted by molar-refractivity contribution is -0.390. The van der Waals surface area contributed by atoms with E-state index in [4.69, 9.17) is 9.78 Å². The van der Waals surface area contributed by atoms with Gasteiger partial charge in [0.1, 0.15) is 5.60 Å². The van der Waals surface area contributed by atoms with Crippen LogP contribution in [0.1, 0.15) is 54.4 Å². The monoisotopic (exact) mass is 278 g/mol. The average molecular weight is 278 g/mol. The molecule has 1 unspecified atom stereocenters. The Labute approximate surface area is 124 Å². The molecule has 0 heterocycles. The van der Waals surface area contributed by atoms with Gasteiger partial charge in [-0.3, -0.25) is 0 Å². The Morgan fingerprint density at radius 1 is 1.00 bits per heavy atom. The second kappa shape index (κ2) is 8.93. The van der Waals surface area contributed by atoms with Gasteiger partial charge in [-0.25, -0.2) is 9.78 Å². The van der Waals surface area contributed by atoms with Crippen LogP contribution in [0.15, 0.2) is 48.6 Å². The van der Waals surface area contributed by atoms with Crippen molar-refractivity contribution in [2.75, 3.05) is 0 Å². The molecule has 2 nitrogen and oxygen atoms in total. The van der Waals surface area contributed by atoms with Crippen molar-refractivity contribution in [3.05, 3.63) is 48.6 Å². The second-order valence-corrected chi connectivity index (χ2v) is 6.39. The van der Waals surface area contributed by atoms with Crippen LogP contribution in [0.2, 0.25) is 0 Å². The average Bonchev–Trinajstić information content (AvgIpc) is 2.31. The zero-order chi connectivity index (χ0) is 15.6. The predicted octanol–water partition coefficient (Wildman–Crippen LogP) is 5.54. The number of rotatable bonds is 8. The summed E-state index contributed by atoms with van der Waals surface area (Å²) in [5.41, 5.74) is 0.562. The minimum atomic E-state index is -0.440. The fourth-order valence-electron chi connectivity index (χ4n) is 1.42. The zero-order valence-corrected chi connectivity index (χ0v) is 13.9. The van der Waals surface area contributed by atoms with Gasteiger partial charge < -0.3 is 0 Å². The molecule has 114 valence electrons. The van der Waals surface area contributed by atoms with Gasteiger partial charge in [-0.1, -0.05) is 42.5 Å². The molecular formula is C18H30O2. The summed E-state index contributed by atoms with van der Waals surface area (Å²) in [5.74, 6) is 0. The third-order valence-corrected chi connectivity index (χ3v) is 2.48. The highest BCUT2D eigenvalue weighted by Gasteiger charge is 2.25. The van der Waals surface area contributed by atoms with Crippen LogP contribution in [0.25, 0.3) is 0 Å². The Morgan fingerprint density at radius 3 is 2.15 bits per heavy atom. The second-order valence-electron chi connectivity index (χ2n) is 6.39. The van der Waals surface area contributed by atoms with Gasteiger partial charge in [0.05, 0.1) is 5.60 Å². The summed E-state index contributed by atoms with van der Waals surface area (Å²) in [4.78, 5) is 11.2. The van der Waals surface area contributed by atoms with Crippen LogP contribution in [-0.2, 0) is 9.78 Å². The van der Waals surface area contributed by atoms with Crippen LogP contribution < -0.4 is 0 Å². The van der Waals surface area contributed by atoms with Crippen LogP contribution >= 0.6 is 0 Å². The lowest BCUT2D eigenvalue weighted by Crippen LogP contribution is -2.31. The summed E-state index contributed by atoms with van der Waals surface area (Å²) in [6, 6.07) is 0. The maximum absolute atomic E-state index is 5.68. The summed E-state index contributed by atoms with van der Waals surface area (Å²) in [5, 5.41) is 0. The quantitative estimate of drug-likeness (QED) is 0.251. The van der Waals surface area contributed by atoms with E-state index in [0.29, 0.717) is 0 Å². The lowest BCUT2D eigenvalue weighted by Gasteiger charge is -2.29. The molecule has 0 saturated carbocycles. The standard InChI is InChI=1S/C18H30O2/c1-8-9-10-11-14-18(7,15-12-13-16(2)3)20-19-17(4,5)6/h8-11,13-14H,1,12,15H2,2-7H3/b10-9+,14-11+. The van der Waals surface area contributed by atoms with Crippen molar-refractivity contribution in [1.29, 1.82) is 0 Å². The molecule has 0 spiro atoms. The van der Waals surface area contributed by atoms with Crippen molar-refractivity contribution >= 4 is 0 Å². The molecule has 0 rings (SSSR count). The topological polar surface area (TPSA) is 18.5 Å². The highest BCUT2D eigenvalue weighted by atomic mass is 17.2. The van der Waals surface area contributed by atoms with Crippen molar-refractivity contribution in [1.82, 2.24) is 0 Å². The molecule has 0 saturated heterocycles. The Kier molecular flexibility index (Phi) is 8.43. The third kappa shape index (κ3) is 10.8. The Balaban J connectivity index is 4.73. The maximum atomic E-state index is 5.68. The van der Waals surface area contributed by atoms with E-state index in [0.717, 1.165) is 12.8 Å². The minimum Gasteiger partial charge on any atom is -0.230 e. The van der Waals surface area contributed by atoms with Crippen molar-refractivity contribution in [2.45, 2.75) is 65.6 Å². The van der Waals surface area contributed by atoms with Gasteiger partial charge in [0.2, 0.25) is 0 Å². The van der Waals surface area contributed by atoms with E-state index in [1.807, 2.05) is 52.0 Å². The van der Waals surface area contributed by atoms with E-state index in [2.05, 4.69) is 26.5 Å². The summed E-state index contributed by atoms with van der Waals surface area (Å²) in [6.45, 7) is 15.8. The first-order valence-electron chi connectivity index (χ1n) is 7.16. The van der Waals surface area contributed by atoms with Gasteiger partial charge in [-0.2, -0.15) is 0 Å². The molecule has 0 amide bonds. The summed E-state index contributed by atoms with van der Waals surface area (Å²) in [6.07, 6.45) is 13.6. The van der Waals surface area contributed by atoms with Gasteiger partial charge in [0, 0.05) is 0 Å². The molecule has 0 aliphatic rings. The zero-order valence-electron chi connectivity index (χ0n) is 13.9. The Bertz CT molecular complexity index is 365. The van der Waals surface area contributed by atoms with E-state index < -0.39 is 5.60 Å². The van der Waals surface area contributed by atoms with Crippen LogP contribution in [0.4, 0.5) is 0 Å². The molecule has 0 aliphatic carbocycles. The summed E-state index contributed by atoms with van der Waals surface area (Å²) in [7, 11) is 0. The van der Waals surface area contributed by atoms with E-state index in [9.17, 15) is 0 Å². The van der Waals surface area contributed by atoms with Crippen molar-refractivity contribution in [2.24, 2.45) is 0 Å². The normalized spacial score (nSPS) is 15.5. The van der Waals surface area contributed by atoms with Gasteiger partial charge in [0.25, 0.3) is 0 Å². The largest absolute Gasteiger partial charge is 0.230 e. The van der Waals surface area contributed by atoms with Gasteiger partial charge in [-0.15, -0.1) is 0 Å². The van der Waals surface area contributed by atoms with Gasteiger partial charge in [0.15, 0.2) is 0 Å². The first-order chi connectivity index (χ1) is 9.18. The van der Waals surface area contributed by atoms with E-state index in [1.165, 1.54) is 5.57 Å². The van der Waals surface area contributed by atoms with E-state index >= 15 is 0 Å². The van der Waals surface area contributed by atoms with Crippen molar-refractivity contribution in [3.63, 3.8) is 0 Å². The summed E-state index contributed by atoms with van der Waals surface area (Å²) < 4.78 is 0. The number of hydrogen-bond acceptors (Lipinski definition) is 2. The van der Waals surface area contributed by atoms with E-state index in [-0.39, 0.29) is 5.60 Å². The molecule has 0 aromatic rings. The molecule has 0 aromatic heterocycles. The Morgan fingerprint density at radius 2 is 1.65 bits per heavy atom. The first kappa shape index (κ1) is 18.9. The highest BCUT2D eigenvalue weighted by molar-refractivity contribution is 5.13. The minimum absolute atomic E-state index is 0.317. The fraction of sp³-hybridized carbons (Fsp3) is 0.556. The van der Waals surface area contributed by atoms with Gasteiger partial charge >= 0.3 is 0 Å². The number of allylic oxidation sites excluding steroid dienone is 6. The molecule has 0 N–H and O–H groups in total. The molecule has 2 heteroatoms. The molecule has 1 atom stereocenters. The molecule has 0 aromatic carbocycles. The highest BCUT2D eigenvalue weighted by Crippen LogP contribution is 2.24. The third-order valence-electron chi connectivity index (χ3n) is 2.48. The molecule has 20 heavy (non-hydrogen) atoms. The van der Waals surface area contributed by atoms with Crippen molar-refractivity contribution in [3.8, 4) is 0 Å². The lowest BCUT2D eigenvalue weighted by atomic mass is 9.98.